The average Bonchev–Trinajstić information content (AvgIpc) is 2.64. The molecule has 0 saturated heterocycles. The molecule has 26 heavy (non-hydrogen) atoms. The molecule has 2 aromatic carbocycles. The molecule has 7 heteroatoms. The molecule has 0 bridgehead atoms. The summed E-state index contributed by atoms with van der Waals surface area (Å²) in [5, 5.41) is 2.81. The number of hydrogen-bond donors (Lipinski definition) is 1. The Labute approximate surface area is 155 Å². The van der Waals surface area contributed by atoms with Crippen LogP contribution < -0.4 is 15.0 Å². The number of para-hydroxylation sites is 1. The molecular weight excluding hydrogens is 355 g/mol. The minimum atomic E-state index is -0.483. The Morgan fingerprint density at radius 2 is 2.12 bits per heavy atom. The van der Waals surface area contributed by atoms with Crippen LogP contribution in [0.3, 0.4) is 0 Å². The van der Waals surface area contributed by atoms with Gasteiger partial charge in [-0.25, -0.2) is 4.39 Å². The van der Waals surface area contributed by atoms with Crippen molar-refractivity contribution < 1.29 is 18.7 Å². The van der Waals surface area contributed by atoms with Gasteiger partial charge in [0.1, 0.15) is 6.54 Å². The lowest BCUT2D eigenvalue weighted by Gasteiger charge is -2.28. The molecule has 136 valence electrons. The van der Waals surface area contributed by atoms with E-state index in [9.17, 15) is 14.0 Å². The monoisotopic (exact) mass is 374 g/mol. The maximum atomic E-state index is 13.8. The van der Waals surface area contributed by atoms with Crippen LogP contribution in [0.5, 0.6) is 5.75 Å². The SMILES string of the molecule is COc1ccc([C@@H](C)NC(=O)CN2C(=O)CSc3ccccc32)cc1F. The molecule has 0 fully saturated rings. The van der Waals surface area contributed by atoms with Gasteiger partial charge in [0.2, 0.25) is 11.8 Å². The van der Waals surface area contributed by atoms with Crippen molar-refractivity contribution in [3.63, 3.8) is 0 Å². The zero-order valence-corrected chi connectivity index (χ0v) is 15.3. The Morgan fingerprint density at radius 3 is 2.85 bits per heavy atom. The normalized spacial score (nSPS) is 14.6. The number of carbonyl (C=O) groups excluding carboxylic acids is 2. The summed E-state index contributed by atoms with van der Waals surface area (Å²) >= 11 is 1.47. The van der Waals surface area contributed by atoms with E-state index in [2.05, 4.69) is 5.32 Å². The summed E-state index contributed by atoms with van der Waals surface area (Å²) in [6, 6.07) is 11.7. The Morgan fingerprint density at radius 1 is 1.35 bits per heavy atom. The van der Waals surface area contributed by atoms with E-state index in [0.29, 0.717) is 11.3 Å². The van der Waals surface area contributed by atoms with Crippen molar-refractivity contribution in [3.05, 3.63) is 53.8 Å². The van der Waals surface area contributed by atoms with Crippen molar-refractivity contribution in [1.82, 2.24) is 5.32 Å². The molecular formula is C19H19FN2O3S. The lowest BCUT2D eigenvalue weighted by atomic mass is 10.1. The lowest BCUT2D eigenvalue weighted by Crippen LogP contribution is -2.43. The zero-order valence-electron chi connectivity index (χ0n) is 14.5. The van der Waals surface area contributed by atoms with Crippen LogP contribution >= 0.6 is 11.8 Å². The molecule has 2 amide bonds. The van der Waals surface area contributed by atoms with E-state index in [4.69, 9.17) is 4.74 Å². The van der Waals surface area contributed by atoms with Crippen LogP contribution in [0.2, 0.25) is 0 Å². The molecule has 2 aromatic rings. The zero-order chi connectivity index (χ0) is 18.7. The number of nitrogens with one attached hydrogen (secondary N) is 1. The van der Waals surface area contributed by atoms with E-state index in [1.165, 1.54) is 35.9 Å². The van der Waals surface area contributed by atoms with Gasteiger partial charge in [-0.15, -0.1) is 11.8 Å². The third-order valence-corrected chi connectivity index (χ3v) is 5.21. The fourth-order valence-electron chi connectivity index (χ4n) is 2.79. The van der Waals surface area contributed by atoms with Crippen molar-refractivity contribution in [2.24, 2.45) is 0 Å². The second-order valence-electron chi connectivity index (χ2n) is 5.92. The topological polar surface area (TPSA) is 58.6 Å². The number of anilines is 1. The van der Waals surface area contributed by atoms with Crippen LogP contribution in [0.4, 0.5) is 10.1 Å². The molecule has 3 rings (SSSR count). The highest BCUT2D eigenvalue weighted by Crippen LogP contribution is 2.34. The molecule has 0 spiro atoms. The van der Waals surface area contributed by atoms with E-state index in [0.717, 1.165) is 10.6 Å². The minimum Gasteiger partial charge on any atom is -0.494 e. The predicted molar refractivity (Wildman–Crippen MR) is 99.0 cm³/mol. The van der Waals surface area contributed by atoms with E-state index in [1.807, 2.05) is 24.3 Å². The number of amides is 2. The third-order valence-electron chi connectivity index (χ3n) is 4.16. The maximum Gasteiger partial charge on any atom is 0.240 e. The first kappa shape index (κ1) is 18.3. The van der Waals surface area contributed by atoms with Crippen LogP contribution in [0, 0.1) is 5.82 Å². The van der Waals surface area contributed by atoms with Gasteiger partial charge in [-0.05, 0) is 36.8 Å². The second-order valence-corrected chi connectivity index (χ2v) is 6.94. The van der Waals surface area contributed by atoms with Crippen molar-refractivity contribution in [1.29, 1.82) is 0 Å². The highest BCUT2D eigenvalue weighted by atomic mass is 32.2. The Bertz CT molecular complexity index is 843. The van der Waals surface area contributed by atoms with Crippen molar-refractivity contribution in [2.45, 2.75) is 17.9 Å². The van der Waals surface area contributed by atoms with E-state index in [1.54, 1.807) is 13.0 Å². The van der Waals surface area contributed by atoms with Crippen LogP contribution in [0.25, 0.3) is 0 Å². The van der Waals surface area contributed by atoms with Gasteiger partial charge in [0.25, 0.3) is 0 Å². The molecule has 1 N–H and O–H groups in total. The van der Waals surface area contributed by atoms with Crippen molar-refractivity contribution in [2.75, 3.05) is 24.3 Å². The average molecular weight is 374 g/mol. The molecule has 1 aliphatic rings. The van der Waals surface area contributed by atoms with Crippen LogP contribution in [-0.4, -0.2) is 31.2 Å². The fourth-order valence-corrected chi connectivity index (χ4v) is 3.73. The van der Waals surface area contributed by atoms with Gasteiger partial charge >= 0.3 is 0 Å². The standard InChI is InChI=1S/C19H19FN2O3S/c1-12(13-7-8-16(25-2)14(20)9-13)21-18(23)10-22-15-5-3-4-6-17(15)26-11-19(22)24/h3-9,12H,10-11H2,1-2H3,(H,21,23)/t12-/m1/s1. The summed E-state index contributed by atoms with van der Waals surface area (Å²) in [7, 11) is 1.40. The first-order valence-corrected chi connectivity index (χ1v) is 9.13. The molecule has 0 radical (unpaired) electrons. The molecule has 0 aliphatic carbocycles. The second kappa shape index (κ2) is 7.78. The smallest absolute Gasteiger partial charge is 0.240 e. The van der Waals surface area contributed by atoms with Gasteiger partial charge in [0.05, 0.1) is 24.6 Å². The van der Waals surface area contributed by atoms with Gasteiger partial charge in [0.15, 0.2) is 11.6 Å². The summed E-state index contributed by atoms with van der Waals surface area (Å²) in [5.74, 6) is -0.428. The first-order chi connectivity index (χ1) is 12.5. The minimum absolute atomic E-state index is 0.0701. The Hall–Kier alpha value is -2.54. The van der Waals surface area contributed by atoms with Crippen molar-refractivity contribution in [3.8, 4) is 5.75 Å². The number of methoxy groups -OCH3 is 1. The molecule has 0 aromatic heterocycles. The molecule has 0 saturated carbocycles. The third kappa shape index (κ3) is 3.83. The predicted octanol–water partition coefficient (Wildman–Crippen LogP) is 3.15. The molecule has 0 unspecified atom stereocenters. The van der Waals surface area contributed by atoms with E-state index >= 15 is 0 Å². The molecule has 1 aliphatic heterocycles. The van der Waals surface area contributed by atoms with Gasteiger partial charge in [-0.2, -0.15) is 0 Å². The first-order valence-electron chi connectivity index (χ1n) is 8.14. The van der Waals surface area contributed by atoms with E-state index in [-0.39, 0.29) is 24.1 Å². The summed E-state index contributed by atoms with van der Waals surface area (Å²) in [5.41, 5.74) is 1.37. The molecule has 1 heterocycles. The number of rotatable bonds is 5. The van der Waals surface area contributed by atoms with Crippen molar-refractivity contribution >= 4 is 29.3 Å². The quantitative estimate of drug-likeness (QED) is 0.874. The van der Waals surface area contributed by atoms with E-state index < -0.39 is 11.9 Å². The maximum absolute atomic E-state index is 13.8. The highest BCUT2D eigenvalue weighted by Gasteiger charge is 2.26. The number of ether oxygens (including phenoxy) is 1. The number of hydrogen-bond acceptors (Lipinski definition) is 4. The molecule has 1 atom stereocenters. The summed E-state index contributed by atoms with van der Waals surface area (Å²) in [6.45, 7) is 1.69. The summed E-state index contributed by atoms with van der Waals surface area (Å²) in [6.07, 6.45) is 0. The lowest BCUT2D eigenvalue weighted by molar-refractivity contribution is -0.123. The van der Waals surface area contributed by atoms with Gasteiger partial charge in [-0.3, -0.25) is 9.59 Å². The van der Waals surface area contributed by atoms with Gasteiger partial charge in [0, 0.05) is 4.90 Å². The molecule has 5 nitrogen and oxygen atoms in total. The summed E-state index contributed by atoms with van der Waals surface area (Å²) in [4.78, 5) is 27.1. The summed E-state index contributed by atoms with van der Waals surface area (Å²) < 4.78 is 18.7. The number of benzene rings is 2. The Kier molecular flexibility index (Phi) is 5.46. The van der Waals surface area contributed by atoms with Gasteiger partial charge in [-0.1, -0.05) is 18.2 Å². The number of halogens is 1. The Balaban J connectivity index is 1.69. The van der Waals surface area contributed by atoms with Crippen LogP contribution in [-0.2, 0) is 9.59 Å². The van der Waals surface area contributed by atoms with Gasteiger partial charge < -0.3 is 15.0 Å². The van der Waals surface area contributed by atoms with Crippen LogP contribution in [0.1, 0.15) is 18.5 Å². The number of carbonyl (C=O) groups is 2. The van der Waals surface area contributed by atoms with Crippen LogP contribution in [0.15, 0.2) is 47.4 Å². The largest absolute Gasteiger partial charge is 0.494 e. The fraction of sp³-hybridized carbons (Fsp3) is 0.263. The number of nitrogens with zero attached hydrogens (tertiary/aromatic N) is 1. The highest BCUT2D eigenvalue weighted by molar-refractivity contribution is 8.00. The number of thioether (sulfide) groups is 1. The number of fused-ring (bicyclic) bond motifs is 1.